The van der Waals surface area contributed by atoms with Gasteiger partial charge in [-0.25, -0.2) is 0 Å². The SMILES string of the molecule is C=CCN(C)CC1(C(=O)c2ccc(Br)cc2)C=CC(c2ccccc2)=CC1. The van der Waals surface area contributed by atoms with Gasteiger partial charge in [0.1, 0.15) is 0 Å². The fourth-order valence-electron chi connectivity index (χ4n) is 3.53. The third-order valence-electron chi connectivity index (χ3n) is 4.93. The van der Waals surface area contributed by atoms with E-state index in [1.54, 1.807) is 0 Å². The summed E-state index contributed by atoms with van der Waals surface area (Å²) in [4.78, 5) is 15.6. The van der Waals surface area contributed by atoms with Crippen LogP contribution in [-0.2, 0) is 0 Å². The van der Waals surface area contributed by atoms with E-state index in [0.29, 0.717) is 13.0 Å². The van der Waals surface area contributed by atoms with Crippen molar-refractivity contribution in [2.24, 2.45) is 5.41 Å². The molecule has 0 aliphatic heterocycles. The molecular weight excluding hydrogens is 398 g/mol. The summed E-state index contributed by atoms with van der Waals surface area (Å²) in [5.41, 5.74) is 2.52. The number of carbonyl (C=O) groups excluding carboxylic acids is 1. The number of nitrogens with zero attached hydrogens (tertiary/aromatic N) is 1. The van der Waals surface area contributed by atoms with Gasteiger partial charge in [0.25, 0.3) is 0 Å². The van der Waals surface area contributed by atoms with E-state index in [4.69, 9.17) is 0 Å². The number of benzene rings is 2. The molecule has 0 spiro atoms. The highest BCUT2D eigenvalue weighted by molar-refractivity contribution is 9.10. The summed E-state index contributed by atoms with van der Waals surface area (Å²) >= 11 is 3.44. The summed E-state index contributed by atoms with van der Waals surface area (Å²) in [5.74, 6) is 0.158. The summed E-state index contributed by atoms with van der Waals surface area (Å²) in [6, 6.07) is 17.9. The number of Topliss-reactive ketones (excluding diaryl/α,β-unsaturated/α-hetero) is 1. The lowest BCUT2D eigenvalue weighted by atomic mass is 9.73. The average molecular weight is 422 g/mol. The van der Waals surface area contributed by atoms with E-state index in [2.05, 4.69) is 57.8 Å². The Morgan fingerprint density at radius 1 is 1.19 bits per heavy atom. The molecule has 0 saturated carbocycles. The van der Waals surface area contributed by atoms with E-state index in [0.717, 1.165) is 16.6 Å². The Balaban J connectivity index is 1.92. The highest BCUT2D eigenvalue weighted by Gasteiger charge is 2.38. The van der Waals surface area contributed by atoms with Gasteiger partial charge < -0.3 is 4.90 Å². The van der Waals surface area contributed by atoms with Crippen molar-refractivity contribution in [3.05, 3.63) is 101 Å². The molecule has 0 N–H and O–H groups in total. The second kappa shape index (κ2) is 8.64. The van der Waals surface area contributed by atoms with E-state index in [9.17, 15) is 4.79 Å². The number of rotatable bonds is 7. The Morgan fingerprint density at radius 2 is 1.89 bits per heavy atom. The molecule has 2 aromatic carbocycles. The van der Waals surface area contributed by atoms with E-state index in [1.807, 2.05) is 55.6 Å². The number of hydrogen-bond donors (Lipinski definition) is 0. The van der Waals surface area contributed by atoms with Gasteiger partial charge in [0.2, 0.25) is 0 Å². The monoisotopic (exact) mass is 421 g/mol. The first-order valence-corrected chi connectivity index (χ1v) is 9.88. The van der Waals surface area contributed by atoms with Crippen molar-refractivity contribution < 1.29 is 4.79 Å². The first kappa shape index (κ1) is 19.5. The van der Waals surface area contributed by atoms with Crippen LogP contribution < -0.4 is 0 Å². The smallest absolute Gasteiger partial charge is 0.174 e. The van der Waals surface area contributed by atoms with Gasteiger partial charge in [-0.3, -0.25) is 4.79 Å². The van der Waals surface area contributed by atoms with Gasteiger partial charge in [0.15, 0.2) is 5.78 Å². The molecule has 1 unspecified atom stereocenters. The predicted octanol–water partition coefficient (Wildman–Crippen LogP) is 5.78. The highest BCUT2D eigenvalue weighted by atomic mass is 79.9. The standard InChI is InChI=1S/C24H24BrNO/c1-3-17-26(2)18-24(23(27)21-9-11-22(25)12-10-21)15-13-20(14-16-24)19-7-5-4-6-8-19/h3-15H,1,16-18H2,2H3. The number of ketones is 1. The van der Waals surface area contributed by atoms with Crippen molar-refractivity contribution in [3.8, 4) is 0 Å². The molecule has 1 aliphatic rings. The van der Waals surface area contributed by atoms with Crippen LogP contribution in [0.15, 0.2) is 90.0 Å². The second-order valence-corrected chi connectivity index (χ2v) is 7.96. The minimum Gasteiger partial charge on any atom is -0.301 e. The van der Waals surface area contributed by atoms with Gasteiger partial charge in [-0.15, -0.1) is 6.58 Å². The average Bonchev–Trinajstić information content (AvgIpc) is 2.69. The van der Waals surface area contributed by atoms with Crippen LogP contribution in [0.25, 0.3) is 5.57 Å². The number of halogens is 1. The predicted molar refractivity (Wildman–Crippen MR) is 117 cm³/mol. The van der Waals surface area contributed by atoms with Crippen molar-refractivity contribution in [1.29, 1.82) is 0 Å². The van der Waals surface area contributed by atoms with E-state index in [1.165, 1.54) is 11.1 Å². The molecule has 3 heteroatoms. The van der Waals surface area contributed by atoms with Gasteiger partial charge in [0.05, 0.1) is 5.41 Å². The zero-order chi connectivity index (χ0) is 19.3. The van der Waals surface area contributed by atoms with Crippen LogP contribution in [0.2, 0.25) is 0 Å². The minimum atomic E-state index is -0.566. The molecule has 2 aromatic rings. The van der Waals surface area contributed by atoms with Crippen molar-refractivity contribution in [3.63, 3.8) is 0 Å². The molecule has 0 fully saturated rings. The number of hydrogen-bond acceptors (Lipinski definition) is 2. The van der Waals surface area contributed by atoms with Crippen LogP contribution in [0.5, 0.6) is 0 Å². The second-order valence-electron chi connectivity index (χ2n) is 7.04. The lowest BCUT2D eigenvalue weighted by Crippen LogP contribution is -2.41. The lowest BCUT2D eigenvalue weighted by molar-refractivity contribution is 0.0808. The molecule has 0 amide bonds. The highest BCUT2D eigenvalue weighted by Crippen LogP contribution is 2.37. The zero-order valence-corrected chi connectivity index (χ0v) is 17.2. The fourth-order valence-corrected chi connectivity index (χ4v) is 3.80. The molecule has 27 heavy (non-hydrogen) atoms. The van der Waals surface area contributed by atoms with Crippen LogP contribution in [-0.4, -0.2) is 30.8 Å². The summed E-state index contributed by atoms with van der Waals surface area (Å²) in [6.07, 6.45) is 8.93. The van der Waals surface area contributed by atoms with Crippen LogP contribution in [0, 0.1) is 5.41 Å². The summed E-state index contributed by atoms with van der Waals surface area (Å²) in [7, 11) is 2.03. The molecule has 0 bridgehead atoms. The minimum absolute atomic E-state index is 0.158. The van der Waals surface area contributed by atoms with Crippen molar-refractivity contribution in [1.82, 2.24) is 4.90 Å². The van der Waals surface area contributed by atoms with Crippen LogP contribution in [0.3, 0.4) is 0 Å². The molecule has 0 heterocycles. The van der Waals surface area contributed by atoms with Crippen molar-refractivity contribution in [2.75, 3.05) is 20.1 Å². The summed E-state index contributed by atoms with van der Waals surface area (Å²) in [5, 5.41) is 0. The Kier molecular flexibility index (Phi) is 6.25. The Hall–Kier alpha value is -2.23. The van der Waals surface area contributed by atoms with Gasteiger partial charge in [-0.05, 0) is 36.7 Å². The van der Waals surface area contributed by atoms with E-state index < -0.39 is 5.41 Å². The normalized spacial score (nSPS) is 19.0. The fraction of sp³-hybridized carbons (Fsp3) is 0.208. The molecule has 138 valence electrons. The molecule has 0 aromatic heterocycles. The largest absolute Gasteiger partial charge is 0.301 e. The van der Waals surface area contributed by atoms with Crippen LogP contribution in [0.1, 0.15) is 22.3 Å². The molecule has 1 aliphatic carbocycles. The topological polar surface area (TPSA) is 20.3 Å². The first-order chi connectivity index (χ1) is 13.0. The number of likely N-dealkylation sites (N-methyl/N-ethyl adjacent to an activating group) is 1. The molecule has 0 saturated heterocycles. The Labute approximate surface area is 170 Å². The first-order valence-electron chi connectivity index (χ1n) is 9.09. The van der Waals surface area contributed by atoms with Gasteiger partial charge in [0, 0.05) is 23.1 Å². The quantitative estimate of drug-likeness (QED) is 0.417. The maximum Gasteiger partial charge on any atom is 0.174 e. The summed E-state index contributed by atoms with van der Waals surface area (Å²) < 4.78 is 0.974. The number of allylic oxidation sites excluding steroid dienone is 3. The van der Waals surface area contributed by atoms with Gasteiger partial charge >= 0.3 is 0 Å². The van der Waals surface area contributed by atoms with Crippen LogP contribution in [0.4, 0.5) is 0 Å². The molecule has 3 rings (SSSR count). The van der Waals surface area contributed by atoms with Gasteiger partial charge in [-0.2, -0.15) is 0 Å². The lowest BCUT2D eigenvalue weighted by Gasteiger charge is -2.34. The maximum atomic E-state index is 13.5. The maximum absolute atomic E-state index is 13.5. The Bertz CT molecular complexity index is 867. The summed E-state index contributed by atoms with van der Waals surface area (Å²) in [6.45, 7) is 5.22. The third kappa shape index (κ3) is 4.55. The third-order valence-corrected chi connectivity index (χ3v) is 5.46. The number of carbonyl (C=O) groups is 1. The van der Waals surface area contributed by atoms with E-state index >= 15 is 0 Å². The molecular formula is C24H24BrNO. The van der Waals surface area contributed by atoms with Crippen molar-refractivity contribution >= 4 is 27.3 Å². The molecule has 2 nitrogen and oxygen atoms in total. The zero-order valence-electron chi connectivity index (χ0n) is 15.6. The Morgan fingerprint density at radius 3 is 2.48 bits per heavy atom. The van der Waals surface area contributed by atoms with Gasteiger partial charge in [-0.1, -0.05) is 82.7 Å². The molecule has 1 atom stereocenters. The van der Waals surface area contributed by atoms with E-state index in [-0.39, 0.29) is 5.78 Å². The van der Waals surface area contributed by atoms with Crippen molar-refractivity contribution in [2.45, 2.75) is 6.42 Å². The van der Waals surface area contributed by atoms with Crippen LogP contribution >= 0.6 is 15.9 Å². The molecule has 0 radical (unpaired) electrons.